The van der Waals surface area contributed by atoms with Gasteiger partial charge in [-0.1, -0.05) is 0 Å². The summed E-state index contributed by atoms with van der Waals surface area (Å²) in [6, 6.07) is 5.08. The van der Waals surface area contributed by atoms with Crippen molar-refractivity contribution in [3.63, 3.8) is 0 Å². The summed E-state index contributed by atoms with van der Waals surface area (Å²) in [6.45, 7) is 2.86. The Bertz CT molecular complexity index is 464. The Morgan fingerprint density at radius 3 is 3.07 bits per heavy atom. The van der Waals surface area contributed by atoms with E-state index < -0.39 is 0 Å². The van der Waals surface area contributed by atoms with Crippen molar-refractivity contribution in [2.75, 3.05) is 7.05 Å². The van der Waals surface area contributed by atoms with Gasteiger partial charge in [-0.15, -0.1) is 0 Å². The van der Waals surface area contributed by atoms with Gasteiger partial charge in [0.1, 0.15) is 5.82 Å². The standard InChI is InChI=1S/C11H14FN3/c1-8(13-2)7-15-11-4-3-10(12)5-9(11)6-14-15/h3-6,8,13H,7H2,1-2H3. The first-order valence-corrected chi connectivity index (χ1v) is 4.99. The van der Waals surface area contributed by atoms with E-state index in [1.165, 1.54) is 12.1 Å². The van der Waals surface area contributed by atoms with Crippen molar-refractivity contribution in [1.29, 1.82) is 0 Å². The third-order valence-corrected chi connectivity index (χ3v) is 2.54. The lowest BCUT2D eigenvalue weighted by Crippen LogP contribution is -2.27. The summed E-state index contributed by atoms with van der Waals surface area (Å²) in [5.41, 5.74) is 0.971. The van der Waals surface area contributed by atoms with Gasteiger partial charge in [0.05, 0.1) is 18.3 Å². The molecule has 1 N–H and O–H groups in total. The Morgan fingerprint density at radius 1 is 1.53 bits per heavy atom. The average Bonchev–Trinajstić information content (AvgIpc) is 2.60. The molecule has 0 aliphatic rings. The first-order valence-electron chi connectivity index (χ1n) is 4.99. The fourth-order valence-electron chi connectivity index (χ4n) is 1.55. The van der Waals surface area contributed by atoms with Crippen LogP contribution in [-0.2, 0) is 6.54 Å². The lowest BCUT2D eigenvalue weighted by Gasteiger charge is -2.10. The molecule has 1 aromatic carbocycles. The first-order chi connectivity index (χ1) is 7.20. The molecular weight excluding hydrogens is 193 g/mol. The van der Waals surface area contributed by atoms with Gasteiger partial charge in [-0.2, -0.15) is 5.10 Å². The van der Waals surface area contributed by atoms with E-state index in [1.807, 2.05) is 11.7 Å². The van der Waals surface area contributed by atoms with Crippen molar-refractivity contribution in [1.82, 2.24) is 15.1 Å². The number of fused-ring (bicyclic) bond motifs is 1. The molecule has 2 aromatic rings. The molecule has 0 amide bonds. The van der Waals surface area contributed by atoms with Crippen molar-refractivity contribution in [3.05, 3.63) is 30.2 Å². The highest BCUT2D eigenvalue weighted by molar-refractivity contribution is 5.78. The molecule has 1 heterocycles. The van der Waals surface area contributed by atoms with Gasteiger partial charge >= 0.3 is 0 Å². The molecule has 3 nitrogen and oxygen atoms in total. The number of rotatable bonds is 3. The predicted molar refractivity (Wildman–Crippen MR) is 58.2 cm³/mol. The van der Waals surface area contributed by atoms with E-state index in [9.17, 15) is 4.39 Å². The number of hydrogen-bond donors (Lipinski definition) is 1. The molecule has 4 heteroatoms. The first kappa shape index (κ1) is 10.1. The summed E-state index contributed by atoms with van der Waals surface area (Å²) >= 11 is 0. The highest BCUT2D eigenvalue weighted by Gasteiger charge is 2.06. The number of halogens is 1. The van der Waals surface area contributed by atoms with Gasteiger partial charge in [0.2, 0.25) is 0 Å². The third kappa shape index (κ3) is 1.99. The highest BCUT2D eigenvalue weighted by Crippen LogP contribution is 2.15. The Balaban J connectivity index is 2.36. The topological polar surface area (TPSA) is 29.9 Å². The van der Waals surface area contributed by atoms with E-state index in [1.54, 1.807) is 12.3 Å². The van der Waals surface area contributed by atoms with Crippen LogP contribution in [-0.4, -0.2) is 22.9 Å². The number of aromatic nitrogens is 2. The Hall–Kier alpha value is -1.42. The van der Waals surface area contributed by atoms with Gasteiger partial charge in [-0.25, -0.2) is 4.39 Å². The van der Waals surface area contributed by atoms with E-state index in [-0.39, 0.29) is 5.82 Å². The minimum absolute atomic E-state index is 0.219. The van der Waals surface area contributed by atoms with Crippen LogP contribution < -0.4 is 5.32 Å². The van der Waals surface area contributed by atoms with Crippen molar-refractivity contribution >= 4 is 10.9 Å². The quantitative estimate of drug-likeness (QED) is 0.831. The fraction of sp³-hybridized carbons (Fsp3) is 0.364. The molecule has 0 saturated carbocycles. The van der Waals surface area contributed by atoms with E-state index in [0.29, 0.717) is 6.04 Å². The Morgan fingerprint density at radius 2 is 2.33 bits per heavy atom. The van der Waals surface area contributed by atoms with Crippen molar-refractivity contribution in [3.8, 4) is 0 Å². The molecule has 0 radical (unpaired) electrons. The molecular formula is C11H14FN3. The summed E-state index contributed by atoms with van der Waals surface area (Å²) in [5.74, 6) is -0.219. The zero-order valence-electron chi connectivity index (χ0n) is 8.87. The third-order valence-electron chi connectivity index (χ3n) is 2.54. The zero-order valence-corrected chi connectivity index (χ0v) is 8.87. The molecule has 0 saturated heterocycles. The van der Waals surface area contributed by atoms with Crippen LogP contribution in [0.2, 0.25) is 0 Å². The number of likely N-dealkylation sites (N-methyl/N-ethyl adjacent to an activating group) is 1. The normalized spacial score (nSPS) is 13.3. The average molecular weight is 207 g/mol. The SMILES string of the molecule is CNC(C)Cn1ncc2cc(F)ccc21. The molecule has 0 aliphatic heterocycles. The summed E-state index contributed by atoms with van der Waals surface area (Å²) in [5, 5.41) is 8.22. The maximum absolute atomic E-state index is 12.9. The number of hydrogen-bond acceptors (Lipinski definition) is 2. The largest absolute Gasteiger partial charge is 0.315 e. The summed E-state index contributed by atoms with van der Waals surface area (Å²) in [4.78, 5) is 0. The summed E-state index contributed by atoms with van der Waals surface area (Å²) in [7, 11) is 1.91. The van der Waals surface area contributed by atoms with Crippen molar-refractivity contribution in [2.24, 2.45) is 0 Å². The molecule has 0 aliphatic carbocycles. The smallest absolute Gasteiger partial charge is 0.124 e. The monoisotopic (exact) mass is 207 g/mol. The molecule has 15 heavy (non-hydrogen) atoms. The van der Waals surface area contributed by atoms with Crippen LogP contribution in [0.5, 0.6) is 0 Å². The number of benzene rings is 1. The summed E-state index contributed by atoms with van der Waals surface area (Å²) < 4.78 is 14.8. The fourth-order valence-corrected chi connectivity index (χ4v) is 1.55. The molecule has 2 rings (SSSR count). The number of nitrogens with one attached hydrogen (secondary N) is 1. The molecule has 0 bridgehead atoms. The van der Waals surface area contributed by atoms with E-state index in [2.05, 4.69) is 17.3 Å². The molecule has 0 fully saturated rings. The van der Waals surface area contributed by atoms with Gasteiger partial charge in [-0.05, 0) is 32.2 Å². The zero-order chi connectivity index (χ0) is 10.8. The van der Waals surface area contributed by atoms with Crippen LogP contribution in [0.25, 0.3) is 10.9 Å². The molecule has 1 aromatic heterocycles. The second-order valence-corrected chi connectivity index (χ2v) is 3.72. The van der Waals surface area contributed by atoms with Gasteiger partial charge in [0.15, 0.2) is 0 Å². The highest BCUT2D eigenvalue weighted by atomic mass is 19.1. The van der Waals surface area contributed by atoms with Crippen LogP contribution in [0.1, 0.15) is 6.92 Å². The minimum atomic E-state index is -0.219. The van der Waals surface area contributed by atoms with Crippen LogP contribution in [0, 0.1) is 5.82 Å². The molecule has 1 atom stereocenters. The lowest BCUT2D eigenvalue weighted by molar-refractivity contribution is 0.491. The van der Waals surface area contributed by atoms with Gasteiger partial charge in [0.25, 0.3) is 0 Å². The summed E-state index contributed by atoms with van der Waals surface area (Å²) in [6.07, 6.45) is 1.70. The van der Waals surface area contributed by atoms with Crippen molar-refractivity contribution < 1.29 is 4.39 Å². The van der Waals surface area contributed by atoms with E-state index >= 15 is 0 Å². The maximum Gasteiger partial charge on any atom is 0.124 e. The predicted octanol–water partition coefficient (Wildman–Crippen LogP) is 1.78. The van der Waals surface area contributed by atoms with Crippen LogP contribution in [0.3, 0.4) is 0 Å². The van der Waals surface area contributed by atoms with Gasteiger partial charge in [0, 0.05) is 11.4 Å². The molecule has 0 spiro atoms. The second-order valence-electron chi connectivity index (χ2n) is 3.72. The van der Waals surface area contributed by atoms with Crippen molar-refractivity contribution in [2.45, 2.75) is 19.5 Å². The Labute approximate surface area is 87.9 Å². The van der Waals surface area contributed by atoms with E-state index in [0.717, 1.165) is 17.4 Å². The van der Waals surface area contributed by atoms with Crippen LogP contribution >= 0.6 is 0 Å². The van der Waals surface area contributed by atoms with Gasteiger partial charge < -0.3 is 5.32 Å². The molecule has 80 valence electrons. The second kappa shape index (κ2) is 3.98. The molecule has 1 unspecified atom stereocenters. The van der Waals surface area contributed by atoms with Gasteiger partial charge in [-0.3, -0.25) is 4.68 Å². The van der Waals surface area contributed by atoms with Crippen LogP contribution in [0.4, 0.5) is 4.39 Å². The van der Waals surface area contributed by atoms with Crippen LogP contribution in [0.15, 0.2) is 24.4 Å². The minimum Gasteiger partial charge on any atom is -0.315 e. The van der Waals surface area contributed by atoms with E-state index in [4.69, 9.17) is 0 Å². The Kier molecular flexibility index (Phi) is 2.68. The maximum atomic E-state index is 12.9. The lowest BCUT2D eigenvalue weighted by atomic mass is 10.2. The number of nitrogens with zero attached hydrogens (tertiary/aromatic N) is 2.